The maximum Gasteiger partial charge on any atom is 1.00 e. The van der Waals surface area contributed by atoms with Crippen molar-refractivity contribution in [2.24, 2.45) is 4.99 Å². The number of hydrogen-bond acceptors (Lipinski definition) is 4. The largest absolute Gasteiger partial charge is 1.00 e. The molecule has 0 saturated carbocycles. The minimum atomic E-state index is -3.90. The summed E-state index contributed by atoms with van der Waals surface area (Å²) in [7, 11) is -3.90. The third-order valence-electron chi connectivity index (χ3n) is 3.56. The predicted molar refractivity (Wildman–Crippen MR) is 94.3 cm³/mol. The molecule has 0 bridgehead atoms. The molecule has 0 spiro atoms. The van der Waals surface area contributed by atoms with E-state index in [1.807, 2.05) is 6.08 Å². The van der Waals surface area contributed by atoms with E-state index in [1.54, 1.807) is 0 Å². The van der Waals surface area contributed by atoms with Gasteiger partial charge in [-0.05, 0) is 31.6 Å². The van der Waals surface area contributed by atoms with Crippen molar-refractivity contribution in [2.75, 3.05) is 12.3 Å². The Morgan fingerprint density at radius 2 is 1.58 bits per heavy atom. The van der Waals surface area contributed by atoms with Crippen LogP contribution in [0.5, 0.6) is 0 Å². The molecule has 0 heterocycles. The summed E-state index contributed by atoms with van der Waals surface area (Å²) in [5, 5.41) is 11.4. The summed E-state index contributed by atoms with van der Waals surface area (Å²) in [6.45, 7) is 2.52. The van der Waals surface area contributed by atoms with Crippen LogP contribution in [0.1, 0.15) is 77.6 Å². The van der Waals surface area contributed by atoms with Crippen LogP contribution in [0.15, 0.2) is 17.1 Å². The Bertz CT molecular complexity index is 436. The number of allylic oxidation sites excluding steroid dienone is 1. The summed E-state index contributed by atoms with van der Waals surface area (Å²) < 4.78 is 29.5. The molecule has 0 aromatic heterocycles. The van der Waals surface area contributed by atoms with Crippen molar-refractivity contribution in [2.45, 2.75) is 77.6 Å². The van der Waals surface area contributed by atoms with Gasteiger partial charge in [0.2, 0.25) is 0 Å². The Hall–Kier alpha value is 0.120. The third-order valence-corrected chi connectivity index (χ3v) is 4.37. The Morgan fingerprint density at radius 3 is 2.17 bits per heavy atom. The fraction of sp³-hybridized carbons (Fsp3) is 0.824. The second-order valence-electron chi connectivity index (χ2n) is 5.88. The fourth-order valence-corrected chi connectivity index (χ4v) is 2.79. The Morgan fingerprint density at radius 1 is 1.00 bits per heavy atom. The van der Waals surface area contributed by atoms with E-state index in [0.717, 1.165) is 12.8 Å². The van der Waals surface area contributed by atoms with Crippen LogP contribution in [0.25, 0.3) is 0 Å². The van der Waals surface area contributed by atoms with Crippen molar-refractivity contribution in [3.05, 3.63) is 12.2 Å². The van der Waals surface area contributed by atoms with E-state index >= 15 is 0 Å². The second kappa shape index (κ2) is 17.9. The van der Waals surface area contributed by atoms with E-state index in [1.165, 1.54) is 51.0 Å². The van der Waals surface area contributed by atoms with Gasteiger partial charge in [0.25, 0.3) is 10.1 Å². The quantitative estimate of drug-likeness (QED) is 0.150. The molecule has 0 aromatic carbocycles. The SMILES string of the molecule is CCCCCCCCCC/C=C/C([O-])=NCCCCS(=O)(=O)O.[Na+]. The molecule has 0 saturated heterocycles. The minimum absolute atomic E-state index is 0. The number of nitrogens with zero attached hydrogens (tertiary/aromatic N) is 1. The summed E-state index contributed by atoms with van der Waals surface area (Å²) in [4.78, 5) is 3.82. The van der Waals surface area contributed by atoms with Crippen molar-refractivity contribution >= 4 is 16.0 Å². The second-order valence-corrected chi connectivity index (χ2v) is 7.45. The van der Waals surface area contributed by atoms with Crippen LogP contribution in [0, 0.1) is 0 Å². The topological polar surface area (TPSA) is 89.8 Å². The van der Waals surface area contributed by atoms with Crippen molar-refractivity contribution in [1.29, 1.82) is 0 Å². The summed E-state index contributed by atoms with van der Waals surface area (Å²) >= 11 is 0. The van der Waals surface area contributed by atoms with Crippen molar-refractivity contribution < 1.29 is 47.6 Å². The molecule has 0 radical (unpaired) electrons. The van der Waals surface area contributed by atoms with E-state index in [9.17, 15) is 13.5 Å². The first-order valence-electron chi connectivity index (χ1n) is 8.79. The van der Waals surface area contributed by atoms with Gasteiger partial charge < -0.3 is 10.1 Å². The average Bonchev–Trinajstić information content (AvgIpc) is 2.47. The first-order chi connectivity index (χ1) is 11.0. The predicted octanol–water partition coefficient (Wildman–Crippen LogP) is 0.504. The van der Waals surface area contributed by atoms with Gasteiger partial charge >= 0.3 is 29.6 Å². The van der Waals surface area contributed by atoms with Crippen LogP contribution in [0.2, 0.25) is 0 Å². The molecule has 0 rings (SSSR count). The monoisotopic (exact) mass is 369 g/mol. The molecule has 0 aliphatic carbocycles. The van der Waals surface area contributed by atoms with Crippen LogP contribution in [0.4, 0.5) is 0 Å². The normalized spacial score (nSPS) is 12.5. The average molecular weight is 370 g/mol. The van der Waals surface area contributed by atoms with Gasteiger partial charge in [0.15, 0.2) is 0 Å². The zero-order valence-corrected chi connectivity index (χ0v) is 18.2. The first kappa shape index (κ1) is 26.4. The number of rotatable bonds is 15. The molecule has 5 nitrogen and oxygen atoms in total. The fourth-order valence-electron chi connectivity index (χ4n) is 2.22. The minimum Gasteiger partial charge on any atom is -0.859 e. The number of unbranched alkanes of at least 4 members (excludes halogenated alkanes) is 9. The Labute approximate surface area is 170 Å². The van der Waals surface area contributed by atoms with Crippen molar-refractivity contribution in [3.8, 4) is 0 Å². The first-order valence-corrected chi connectivity index (χ1v) is 10.4. The summed E-state index contributed by atoms with van der Waals surface area (Å²) in [5.41, 5.74) is 0. The molecule has 0 aliphatic rings. The smallest absolute Gasteiger partial charge is 0.859 e. The standard InChI is InChI=1S/C17H33NO4S.Na/c1-2-3-4-5-6-7-8-9-10-11-14-17(19)18-15-12-13-16-23(20,21)22;/h11,14H,2-10,12-13,15-16H2,1H3,(H,18,19)(H,20,21,22);/q;+1/p-1/b14-11+;. The van der Waals surface area contributed by atoms with Gasteiger partial charge in [-0.1, -0.05) is 64.0 Å². The Kier molecular flexibility index (Phi) is 19.7. The Balaban J connectivity index is 0. The van der Waals surface area contributed by atoms with Crippen LogP contribution in [0.3, 0.4) is 0 Å². The van der Waals surface area contributed by atoms with E-state index in [4.69, 9.17) is 4.55 Å². The number of hydrogen-bond donors (Lipinski definition) is 1. The van der Waals surface area contributed by atoms with Gasteiger partial charge in [-0.25, -0.2) is 0 Å². The van der Waals surface area contributed by atoms with E-state index in [2.05, 4.69) is 11.9 Å². The molecule has 1 N–H and O–H groups in total. The van der Waals surface area contributed by atoms with Gasteiger partial charge in [-0.2, -0.15) is 8.42 Å². The van der Waals surface area contributed by atoms with Crippen LogP contribution >= 0.6 is 0 Å². The third kappa shape index (κ3) is 22.1. The van der Waals surface area contributed by atoms with E-state index < -0.39 is 10.1 Å². The zero-order valence-electron chi connectivity index (χ0n) is 15.4. The van der Waals surface area contributed by atoms with Crippen molar-refractivity contribution in [1.82, 2.24) is 0 Å². The van der Waals surface area contributed by atoms with E-state index in [0.29, 0.717) is 19.4 Å². The van der Waals surface area contributed by atoms with Gasteiger partial charge in [-0.3, -0.25) is 4.55 Å². The molecule has 0 atom stereocenters. The molecule has 0 aliphatic heterocycles. The van der Waals surface area contributed by atoms with Gasteiger partial charge in [0.1, 0.15) is 0 Å². The molecule has 24 heavy (non-hydrogen) atoms. The maximum absolute atomic E-state index is 11.4. The van der Waals surface area contributed by atoms with Crippen LogP contribution in [-0.2, 0) is 10.1 Å². The summed E-state index contributed by atoms with van der Waals surface area (Å²) in [6.07, 6.45) is 15.2. The van der Waals surface area contributed by atoms with Crippen LogP contribution in [-0.4, -0.2) is 31.2 Å². The van der Waals surface area contributed by atoms with Gasteiger partial charge in [0, 0.05) is 6.54 Å². The molecular weight excluding hydrogens is 337 g/mol. The summed E-state index contributed by atoms with van der Waals surface area (Å²) in [6, 6.07) is 0. The van der Waals surface area contributed by atoms with Crippen molar-refractivity contribution in [3.63, 3.8) is 0 Å². The zero-order chi connectivity index (χ0) is 17.4. The maximum atomic E-state index is 11.4. The molecule has 0 fully saturated rings. The van der Waals surface area contributed by atoms with Crippen LogP contribution < -0.4 is 34.7 Å². The summed E-state index contributed by atoms with van der Waals surface area (Å²) in [5.74, 6) is -0.540. The van der Waals surface area contributed by atoms with Gasteiger partial charge in [0.05, 0.1) is 5.75 Å². The molecule has 136 valence electrons. The molecule has 0 unspecified atom stereocenters. The molecule has 0 aromatic rings. The van der Waals surface area contributed by atoms with Gasteiger partial charge in [-0.15, -0.1) is 0 Å². The number of aliphatic imine (C=N–C) groups is 1. The molecule has 0 amide bonds. The molecular formula is C17H32NNaO4S. The van der Waals surface area contributed by atoms with E-state index in [-0.39, 0.29) is 41.2 Å². The molecule has 7 heteroatoms.